The molecule has 498 valence electrons. The number of carbonyl (C=O) groups excluding carboxylic acids is 8. The number of aromatic nitrogens is 3. The number of nitrogens with one attached hydrogen (secondary N) is 4. The Morgan fingerprint density at radius 1 is 0.674 bits per heavy atom. The summed E-state index contributed by atoms with van der Waals surface area (Å²) in [6, 6.07) is 22.2. The molecule has 2 fully saturated rings. The topological polar surface area (TPSA) is 266 Å². The molecule has 3 aromatic carbocycles. The van der Waals surface area contributed by atoms with Gasteiger partial charge in [-0.3, -0.25) is 43.3 Å². The predicted octanol–water partition coefficient (Wildman–Crippen LogP) is 9.71. The van der Waals surface area contributed by atoms with Gasteiger partial charge in [-0.1, -0.05) is 162 Å². The number of imide groups is 1. The number of ether oxygens (including phenoxy) is 2. The fraction of sp³-hybridized carbons (Fsp3) is 0.577. The van der Waals surface area contributed by atoms with Crippen molar-refractivity contribution in [2.24, 2.45) is 41.2 Å². The second-order valence-corrected chi connectivity index (χ2v) is 33.1. The number of hydrogen-bond donors (Lipinski definition) is 5. The number of hydrogen-bond acceptors (Lipinski definition) is 13. The molecule has 6 N–H and O–H groups in total. The number of unbranched alkanes of at least 4 members (excludes halogenated alkanes) is 1. The Morgan fingerprint density at radius 2 is 1.32 bits per heavy atom. The molecule has 1 aromatic heterocycles. The molecule has 0 spiro atoms. The summed E-state index contributed by atoms with van der Waals surface area (Å²) >= 11 is 0. The molecule has 2 bridgehead atoms. The molecule has 4 unspecified atom stereocenters. The molecule has 2 aliphatic heterocycles. The molecule has 92 heavy (non-hydrogen) atoms. The number of benzene rings is 3. The largest absolute Gasteiger partial charge is 0.381 e. The highest BCUT2D eigenvalue weighted by Gasteiger charge is 2.63. The van der Waals surface area contributed by atoms with Gasteiger partial charge in [0, 0.05) is 68.6 Å². The first-order valence-electron chi connectivity index (χ1n) is 33.7. The minimum absolute atomic E-state index is 0.0145. The predicted molar refractivity (Wildman–Crippen MR) is 359 cm³/mol. The van der Waals surface area contributed by atoms with Crippen LogP contribution in [0, 0.1) is 42.4 Å². The Labute approximate surface area is 544 Å². The van der Waals surface area contributed by atoms with Crippen LogP contribution in [0.5, 0.6) is 0 Å². The van der Waals surface area contributed by atoms with Gasteiger partial charge in [-0.05, 0) is 93.0 Å². The molecule has 1 saturated carbocycles. The van der Waals surface area contributed by atoms with Gasteiger partial charge in [0.25, 0.3) is 0 Å². The lowest BCUT2D eigenvalue weighted by atomic mass is 9.85. The molecule has 2 aliphatic carbocycles. The second-order valence-electron chi connectivity index (χ2n) is 26.9. The molecule has 7 amide bonds. The monoisotopic (exact) mass is 1280 g/mol. The van der Waals surface area contributed by atoms with E-state index in [0.717, 1.165) is 35.2 Å². The lowest BCUT2D eigenvalue weighted by Crippen LogP contribution is -2.54. The van der Waals surface area contributed by atoms with Crippen molar-refractivity contribution in [1.29, 1.82) is 0 Å². The zero-order chi connectivity index (χ0) is 66.2. The van der Waals surface area contributed by atoms with E-state index >= 15 is 0 Å². The highest BCUT2D eigenvalue weighted by molar-refractivity contribution is 6.83. The van der Waals surface area contributed by atoms with E-state index in [1.165, 1.54) is 10.9 Å². The lowest BCUT2D eigenvalue weighted by Gasteiger charge is -2.43. The Morgan fingerprint density at radius 3 is 1.98 bits per heavy atom. The molecule has 8 rings (SSSR count). The van der Waals surface area contributed by atoms with Crippen LogP contribution in [0.4, 0.5) is 11.4 Å². The zero-order valence-electron chi connectivity index (χ0n) is 55.7. The van der Waals surface area contributed by atoms with Crippen molar-refractivity contribution < 1.29 is 47.8 Å². The zero-order valence-corrected chi connectivity index (χ0v) is 56.7. The van der Waals surface area contributed by atoms with Gasteiger partial charge in [0.15, 0.2) is 0 Å². The number of aryl methyl sites for hydroxylation is 1. The summed E-state index contributed by atoms with van der Waals surface area (Å²) in [6.07, 6.45) is 9.18. The van der Waals surface area contributed by atoms with Crippen LogP contribution in [-0.2, 0) is 60.9 Å². The fourth-order valence-electron chi connectivity index (χ4n) is 15.1. The average molecular weight is 1280 g/mol. The van der Waals surface area contributed by atoms with E-state index in [4.69, 9.17) is 15.2 Å². The summed E-state index contributed by atoms with van der Waals surface area (Å²) in [7, 11) is -1.53. The molecule has 3 heterocycles. The van der Waals surface area contributed by atoms with Crippen molar-refractivity contribution in [2.45, 2.75) is 181 Å². The Bertz CT molecular complexity index is 3200. The number of rotatable bonds is 36. The SMILES string of the molecule is Cc1ccc(NC(=O)[C@H](CCCCN)NC(=O)[C@@H](NC(=O)CCOCCn2nnc3c2-c2ccccc2CN(C(=O)CCNC(=O)CCOCCCC(=O)CCN2C(=O)C4C5C=CC(C5CCC[Si](C(C)C)(C(C)C)C(C)C)C4C2=O)c2ccccc2-3)C(C)C)cc1. The number of carbonyl (C=O) groups is 8. The van der Waals surface area contributed by atoms with E-state index in [0.29, 0.717) is 83.9 Å². The van der Waals surface area contributed by atoms with Gasteiger partial charge >= 0.3 is 0 Å². The number of allylic oxidation sites excluding steroid dienone is 2. The summed E-state index contributed by atoms with van der Waals surface area (Å²) in [6.45, 7) is 21.9. The van der Waals surface area contributed by atoms with Crippen LogP contribution < -0.4 is 31.9 Å². The standard InChI is InChI=1S/C71H100N10O10Si/c1-45(2)65(69(87)75-58(23-14-15-35-72)68(86)74-51-27-25-49(9)26-28-51)76-61(84)34-41-91-42-38-81-67-53-20-11-10-18-50(53)44-80(59-24-13-12-21-57(59)66(67)77-78-81)62(85)31-36-73-60(83)33-40-90-39-16-19-52(82)32-37-79-70(88)63-55-29-30-56(64(63)71(79)89)54(55)22-17-43-92(46(3)4,47(5)6)48(7)8/h10-13,18,20-21,24-30,45-48,54-56,58,63-65H,14-17,19,22-23,31-44,72H2,1-9H3,(H,73,83)(H,74,86)(H,75,87)(H,76,84)/t54?,55?,56?,58-,63?,64?,65-/m0/s1. The minimum Gasteiger partial charge on any atom is -0.381 e. The van der Waals surface area contributed by atoms with Crippen LogP contribution in [0.2, 0.25) is 22.7 Å². The molecule has 0 radical (unpaired) electrons. The Hall–Kier alpha value is -7.20. The van der Waals surface area contributed by atoms with Gasteiger partial charge in [-0.25, -0.2) is 4.68 Å². The number of nitrogens with two attached hydrogens (primary N) is 1. The molecule has 20 nitrogen and oxygen atoms in total. The second kappa shape index (κ2) is 33.1. The quantitative estimate of drug-likeness (QED) is 0.0123. The maximum Gasteiger partial charge on any atom is 0.246 e. The number of fused-ring (bicyclic) bond motifs is 10. The van der Waals surface area contributed by atoms with Gasteiger partial charge in [0.05, 0.1) is 64.2 Å². The van der Waals surface area contributed by atoms with E-state index in [-0.39, 0.29) is 149 Å². The molecular formula is C71H100N10O10Si. The van der Waals surface area contributed by atoms with E-state index in [9.17, 15) is 38.4 Å². The summed E-state index contributed by atoms with van der Waals surface area (Å²) in [5.74, 6) is -2.28. The maximum atomic E-state index is 14.2. The van der Waals surface area contributed by atoms with Crippen molar-refractivity contribution >= 4 is 66.6 Å². The van der Waals surface area contributed by atoms with Gasteiger partial charge in [0.2, 0.25) is 41.4 Å². The van der Waals surface area contributed by atoms with Crippen LogP contribution in [0.3, 0.4) is 0 Å². The van der Waals surface area contributed by atoms with E-state index in [1.54, 1.807) is 21.7 Å². The number of amides is 7. The fourth-order valence-corrected chi connectivity index (χ4v) is 21.6. The first kappa shape index (κ1) is 70.7. The van der Waals surface area contributed by atoms with Crippen LogP contribution >= 0.6 is 0 Å². The van der Waals surface area contributed by atoms with Gasteiger partial charge in [-0.15, -0.1) is 5.10 Å². The third-order valence-electron chi connectivity index (χ3n) is 19.9. The molecule has 21 heteroatoms. The van der Waals surface area contributed by atoms with Crippen LogP contribution in [0.1, 0.15) is 137 Å². The molecule has 6 atom stereocenters. The summed E-state index contributed by atoms with van der Waals surface area (Å²) < 4.78 is 13.5. The normalized spacial score (nSPS) is 18.8. The number of likely N-dealkylation sites (tertiary alicyclic amines) is 1. The van der Waals surface area contributed by atoms with Crippen molar-refractivity contribution in [3.8, 4) is 22.5 Å². The Kier molecular flexibility index (Phi) is 25.4. The van der Waals surface area contributed by atoms with E-state index in [2.05, 4.69) is 85.3 Å². The summed E-state index contributed by atoms with van der Waals surface area (Å²) in [4.78, 5) is 111. The van der Waals surface area contributed by atoms with Gasteiger partial charge in [0.1, 0.15) is 23.6 Å². The number of Topliss-reactive ketones (excluding diaryl/α,β-unsaturated/α-hetero) is 1. The molecular weight excluding hydrogens is 1180 g/mol. The highest BCUT2D eigenvalue weighted by atomic mass is 28.3. The lowest BCUT2D eigenvalue weighted by molar-refractivity contribution is -0.141. The number of nitrogens with zero attached hydrogens (tertiary/aromatic N) is 5. The van der Waals surface area contributed by atoms with E-state index in [1.807, 2.05) is 81.4 Å². The van der Waals surface area contributed by atoms with Crippen molar-refractivity contribution in [1.82, 2.24) is 35.8 Å². The molecule has 4 aliphatic rings. The third kappa shape index (κ3) is 16.9. The van der Waals surface area contributed by atoms with Crippen molar-refractivity contribution in [2.75, 3.05) is 56.3 Å². The number of para-hydroxylation sites is 1. The summed E-state index contributed by atoms with van der Waals surface area (Å²) in [5, 5.41) is 20.7. The van der Waals surface area contributed by atoms with Crippen molar-refractivity contribution in [3.05, 3.63) is 96.1 Å². The third-order valence-corrected chi connectivity index (χ3v) is 27.6. The van der Waals surface area contributed by atoms with Gasteiger partial charge in [-0.2, -0.15) is 0 Å². The summed E-state index contributed by atoms with van der Waals surface area (Å²) in [5.41, 5.74) is 13.9. The van der Waals surface area contributed by atoms with Gasteiger partial charge < -0.3 is 41.4 Å². The van der Waals surface area contributed by atoms with E-state index < -0.39 is 26.1 Å². The first-order valence-corrected chi connectivity index (χ1v) is 36.2. The average Bonchev–Trinajstić information content (AvgIpc) is 1.55. The number of ketones is 1. The van der Waals surface area contributed by atoms with Crippen LogP contribution in [-0.4, -0.2) is 133 Å². The molecule has 1 saturated heterocycles. The van der Waals surface area contributed by atoms with Crippen LogP contribution in [0.25, 0.3) is 22.5 Å². The smallest absolute Gasteiger partial charge is 0.246 e. The number of anilines is 2. The highest BCUT2D eigenvalue weighted by Crippen LogP contribution is 2.58. The maximum absolute atomic E-state index is 14.2. The molecule has 4 aromatic rings. The van der Waals surface area contributed by atoms with Crippen molar-refractivity contribution in [3.63, 3.8) is 0 Å². The minimum atomic E-state index is -1.53. The van der Waals surface area contributed by atoms with Crippen LogP contribution in [0.15, 0.2) is 84.9 Å². The first-order chi connectivity index (χ1) is 44.2. The Balaban J connectivity index is 0.740.